The van der Waals surface area contributed by atoms with E-state index >= 15 is 0 Å². The van der Waals surface area contributed by atoms with Gasteiger partial charge in [-0.15, -0.1) is 0 Å². The lowest BCUT2D eigenvalue weighted by molar-refractivity contribution is 0.956. The summed E-state index contributed by atoms with van der Waals surface area (Å²) < 4.78 is 0. The van der Waals surface area contributed by atoms with Gasteiger partial charge in [0.2, 0.25) is 5.95 Å². The molecule has 2 N–H and O–H groups in total. The number of rotatable bonds is 3. The highest BCUT2D eigenvalue weighted by Crippen LogP contribution is 2.17. The molecule has 0 saturated carbocycles. The molecule has 0 aliphatic rings. The van der Waals surface area contributed by atoms with Crippen molar-refractivity contribution in [2.24, 2.45) is 0 Å². The van der Waals surface area contributed by atoms with Crippen LogP contribution in [-0.2, 0) is 0 Å². The van der Waals surface area contributed by atoms with E-state index in [0.29, 0.717) is 22.3 Å². The van der Waals surface area contributed by atoms with E-state index < -0.39 is 0 Å². The van der Waals surface area contributed by atoms with Gasteiger partial charge >= 0.3 is 0 Å². The fourth-order valence-corrected chi connectivity index (χ4v) is 1.33. The molecule has 0 unspecified atom stereocenters. The maximum Gasteiger partial charge on any atom is 0.226 e. The fourth-order valence-electron chi connectivity index (χ4n) is 1.11. The van der Waals surface area contributed by atoms with Crippen LogP contribution in [0.4, 0.5) is 5.95 Å². The lowest BCUT2D eigenvalue weighted by Crippen LogP contribution is -2.04. The summed E-state index contributed by atoms with van der Waals surface area (Å²) >= 11 is 5.92. The number of aromatic nitrogens is 4. The van der Waals surface area contributed by atoms with E-state index in [-0.39, 0.29) is 0 Å². The number of halogens is 1. The minimum absolute atomic E-state index is 0.395. The van der Waals surface area contributed by atoms with E-state index in [9.17, 15) is 0 Å². The molecule has 0 fully saturated rings. The Bertz CT molecular complexity index is 438. The first kappa shape index (κ1) is 9.21. The van der Waals surface area contributed by atoms with Gasteiger partial charge in [-0.25, -0.2) is 4.98 Å². The average molecular weight is 212 g/mol. The van der Waals surface area contributed by atoms with Crippen molar-refractivity contribution < 1.29 is 0 Å². The quantitative estimate of drug-likeness (QED) is 0.761. The van der Waals surface area contributed by atoms with E-state index in [1.54, 1.807) is 6.33 Å². The number of aromatic amines is 1. The van der Waals surface area contributed by atoms with Crippen molar-refractivity contribution in [2.75, 3.05) is 11.9 Å². The van der Waals surface area contributed by atoms with Crippen LogP contribution >= 0.6 is 11.6 Å². The highest BCUT2D eigenvalue weighted by Gasteiger charge is 2.06. The Kier molecular flexibility index (Phi) is 2.49. The molecule has 0 aliphatic heterocycles. The largest absolute Gasteiger partial charge is 0.354 e. The summed E-state index contributed by atoms with van der Waals surface area (Å²) in [6.07, 6.45) is 2.56. The molecule has 14 heavy (non-hydrogen) atoms. The normalized spacial score (nSPS) is 10.7. The zero-order valence-electron chi connectivity index (χ0n) is 7.71. The van der Waals surface area contributed by atoms with Crippen LogP contribution in [-0.4, -0.2) is 26.5 Å². The van der Waals surface area contributed by atoms with Crippen molar-refractivity contribution in [2.45, 2.75) is 13.3 Å². The van der Waals surface area contributed by atoms with Crippen LogP contribution in [0.25, 0.3) is 11.2 Å². The molecule has 0 amide bonds. The number of hydrogen-bond donors (Lipinski definition) is 2. The van der Waals surface area contributed by atoms with Crippen molar-refractivity contribution in [1.82, 2.24) is 19.9 Å². The predicted molar refractivity (Wildman–Crippen MR) is 55.5 cm³/mol. The first-order valence-electron chi connectivity index (χ1n) is 4.41. The molecule has 0 aromatic carbocycles. The second kappa shape index (κ2) is 3.79. The molecule has 74 valence electrons. The number of hydrogen-bond acceptors (Lipinski definition) is 4. The zero-order chi connectivity index (χ0) is 9.97. The van der Waals surface area contributed by atoms with Crippen molar-refractivity contribution in [1.29, 1.82) is 0 Å². The van der Waals surface area contributed by atoms with Crippen molar-refractivity contribution in [3.8, 4) is 0 Å². The molecular weight excluding hydrogens is 202 g/mol. The lowest BCUT2D eigenvalue weighted by Gasteiger charge is -2.02. The van der Waals surface area contributed by atoms with E-state index in [1.807, 2.05) is 0 Å². The van der Waals surface area contributed by atoms with Gasteiger partial charge in [0.25, 0.3) is 0 Å². The van der Waals surface area contributed by atoms with Gasteiger partial charge in [0, 0.05) is 6.54 Å². The number of imidazole rings is 1. The summed E-state index contributed by atoms with van der Waals surface area (Å²) in [5.74, 6) is 0.524. The van der Waals surface area contributed by atoms with Gasteiger partial charge in [-0.05, 0) is 6.42 Å². The summed E-state index contributed by atoms with van der Waals surface area (Å²) in [6, 6.07) is 0. The third-order valence-corrected chi connectivity index (χ3v) is 2.05. The van der Waals surface area contributed by atoms with Crippen LogP contribution in [0.15, 0.2) is 6.33 Å². The second-order valence-electron chi connectivity index (χ2n) is 2.87. The Labute approximate surface area is 85.9 Å². The standard InChI is InChI=1S/C8H10ClN5/c1-2-3-10-8-13-6(9)5-7(14-8)12-4-11-5/h4H,2-3H2,1H3,(H2,10,11,12,13,14). The van der Waals surface area contributed by atoms with Crippen molar-refractivity contribution >= 4 is 28.7 Å². The topological polar surface area (TPSA) is 66.5 Å². The van der Waals surface area contributed by atoms with Crippen LogP contribution in [0.2, 0.25) is 5.15 Å². The maximum absolute atomic E-state index is 5.92. The third-order valence-electron chi connectivity index (χ3n) is 1.77. The molecule has 2 heterocycles. The van der Waals surface area contributed by atoms with Crippen molar-refractivity contribution in [3.05, 3.63) is 11.5 Å². The molecule has 5 nitrogen and oxygen atoms in total. The Balaban J connectivity index is 2.38. The Morgan fingerprint density at radius 1 is 1.50 bits per heavy atom. The Morgan fingerprint density at radius 2 is 2.36 bits per heavy atom. The first-order chi connectivity index (χ1) is 6.81. The van der Waals surface area contributed by atoms with Gasteiger partial charge in [-0.2, -0.15) is 9.97 Å². The molecule has 0 radical (unpaired) electrons. The second-order valence-corrected chi connectivity index (χ2v) is 3.22. The maximum atomic E-state index is 5.92. The van der Waals surface area contributed by atoms with Crippen LogP contribution < -0.4 is 5.32 Å². The van der Waals surface area contributed by atoms with Crippen molar-refractivity contribution in [3.63, 3.8) is 0 Å². The summed E-state index contributed by atoms with van der Waals surface area (Å²) in [4.78, 5) is 15.2. The summed E-state index contributed by atoms with van der Waals surface area (Å²) in [5, 5.41) is 3.45. The lowest BCUT2D eigenvalue weighted by atomic mass is 10.5. The van der Waals surface area contributed by atoms with E-state index in [0.717, 1.165) is 13.0 Å². The van der Waals surface area contributed by atoms with Crippen LogP contribution in [0.3, 0.4) is 0 Å². The van der Waals surface area contributed by atoms with E-state index in [4.69, 9.17) is 11.6 Å². The predicted octanol–water partition coefficient (Wildman–Crippen LogP) is 1.83. The molecule has 0 saturated heterocycles. The van der Waals surface area contributed by atoms with Crippen LogP contribution in [0.5, 0.6) is 0 Å². The van der Waals surface area contributed by atoms with Gasteiger partial charge < -0.3 is 10.3 Å². The minimum atomic E-state index is 0.395. The average Bonchev–Trinajstić information content (AvgIpc) is 2.63. The molecule has 0 bridgehead atoms. The first-order valence-corrected chi connectivity index (χ1v) is 4.79. The summed E-state index contributed by atoms with van der Waals surface area (Å²) in [7, 11) is 0. The van der Waals surface area contributed by atoms with Crippen LogP contribution in [0.1, 0.15) is 13.3 Å². The highest BCUT2D eigenvalue weighted by molar-refractivity contribution is 6.33. The van der Waals surface area contributed by atoms with Gasteiger partial charge in [0.05, 0.1) is 6.33 Å². The fraction of sp³-hybridized carbons (Fsp3) is 0.375. The van der Waals surface area contributed by atoms with E-state index in [1.165, 1.54) is 0 Å². The monoisotopic (exact) mass is 211 g/mol. The molecule has 0 aliphatic carbocycles. The summed E-state index contributed by atoms with van der Waals surface area (Å²) in [5.41, 5.74) is 1.26. The Morgan fingerprint density at radius 3 is 3.14 bits per heavy atom. The SMILES string of the molecule is CCCNc1nc(Cl)c2[nH]cnc2n1. The third kappa shape index (κ3) is 1.63. The summed E-state index contributed by atoms with van der Waals surface area (Å²) in [6.45, 7) is 2.90. The van der Waals surface area contributed by atoms with Gasteiger partial charge in [-0.3, -0.25) is 0 Å². The Hall–Kier alpha value is -1.36. The number of fused-ring (bicyclic) bond motifs is 1. The number of nitrogens with one attached hydrogen (secondary N) is 2. The van der Waals surface area contributed by atoms with Gasteiger partial charge in [-0.1, -0.05) is 18.5 Å². The van der Waals surface area contributed by atoms with Gasteiger partial charge in [0.1, 0.15) is 5.52 Å². The molecular formula is C8H10ClN5. The number of nitrogens with zero attached hydrogens (tertiary/aromatic N) is 3. The molecule has 2 aromatic heterocycles. The van der Waals surface area contributed by atoms with Gasteiger partial charge in [0.15, 0.2) is 10.8 Å². The van der Waals surface area contributed by atoms with E-state index in [2.05, 4.69) is 32.2 Å². The minimum Gasteiger partial charge on any atom is -0.354 e. The number of H-pyrrole nitrogens is 1. The molecule has 0 spiro atoms. The molecule has 2 aromatic rings. The molecule has 6 heteroatoms. The highest BCUT2D eigenvalue weighted by atomic mass is 35.5. The molecule has 2 rings (SSSR count). The smallest absolute Gasteiger partial charge is 0.226 e. The molecule has 0 atom stereocenters. The number of anilines is 1. The zero-order valence-corrected chi connectivity index (χ0v) is 8.47. The van der Waals surface area contributed by atoms with Crippen LogP contribution in [0, 0.1) is 0 Å².